The number of nitrogens with zero attached hydrogens (tertiary/aromatic N) is 1. The third kappa shape index (κ3) is 4.87. The summed E-state index contributed by atoms with van der Waals surface area (Å²) in [6.07, 6.45) is 6.09. The smallest absolute Gasteiger partial charge is 0.260 e. The largest absolute Gasteiger partial charge is 0.469 e. The summed E-state index contributed by atoms with van der Waals surface area (Å²) < 4.78 is 38.4. The van der Waals surface area contributed by atoms with Crippen LogP contribution in [0.4, 0.5) is 0 Å². The molecule has 166 valence electrons. The first kappa shape index (κ1) is 21.3. The van der Waals surface area contributed by atoms with Crippen molar-refractivity contribution in [1.82, 2.24) is 14.6 Å². The van der Waals surface area contributed by atoms with Gasteiger partial charge in [0.2, 0.25) is 10.0 Å². The summed E-state index contributed by atoms with van der Waals surface area (Å²) >= 11 is 0. The van der Waals surface area contributed by atoms with Crippen molar-refractivity contribution in [1.29, 1.82) is 0 Å². The summed E-state index contributed by atoms with van der Waals surface area (Å²) in [4.78, 5) is 29.3. The van der Waals surface area contributed by atoms with Crippen molar-refractivity contribution in [2.75, 3.05) is 26.0 Å². The number of piperidine rings is 1. The van der Waals surface area contributed by atoms with E-state index in [9.17, 15) is 18.0 Å². The molecule has 30 heavy (non-hydrogen) atoms. The predicted molar refractivity (Wildman–Crippen MR) is 110 cm³/mol. The molecule has 0 aromatic carbocycles. The number of H-pyrrole nitrogens is 1. The topological polar surface area (TPSA) is 118 Å². The Balaban J connectivity index is 1.63. The molecule has 2 atom stereocenters. The molecule has 5 rings (SSSR count). The Bertz CT molecular complexity index is 938. The van der Waals surface area contributed by atoms with Crippen LogP contribution < -0.4 is 15.0 Å². The SMILES string of the molecule is CS(=O)(=O)NC1CCCN2C(=O)COc3[nH]c(=O)ccc3C3CCC(CC3)OC[C@@H]12. The molecule has 10 heteroatoms. The van der Waals surface area contributed by atoms with Crippen LogP contribution in [0.15, 0.2) is 16.9 Å². The second-order valence-corrected chi connectivity index (χ2v) is 10.3. The van der Waals surface area contributed by atoms with Crippen molar-refractivity contribution in [2.24, 2.45) is 0 Å². The van der Waals surface area contributed by atoms with Crippen LogP contribution in [0.5, 0.6) is 5.88 Å². The molecule has 1 aromatic heterocycles. The highest BCUT2D eigenvalue weighted by molar-refractivity contribution is 7.88. The van der Waals surface area contributed by atoms with Gasteiger partial charge in [-0.2, -0.15) is 0 Å². The van der Waals surface area contributed by atoms with Crippen molar-refractivity contribution in [2.45, 2.75) is 62.6 Å². The van der Waals surface area contributed by atoms with Gasteiger partial charge in [-0.3, -0.25) is 14.6 Å². The maximum Gasteiger partial charge on any atom is 0.260 e. The van der Waals surface area contributed by atoms with Gasteiger partial charge in [0.25, 0.3) is 11.5 Å². The van der Waals surface area contributed by atoms with E-state index in [1.165, 1.54) is 6.07 Å². The molecule has 2 bridgehead atoms. The zero-order chi connectivity index (χ0) is 21.3. The molecule has 0 spiro atoms. The van der Waals surface area contributed by atoms with Crippen molar-refractivity contribution in [3.05, 3.63) is 28.0 Å². The van der Waals surface area contributed by atoms with Crippen LogP contribution in [-0.4, -0.2) is 68.4 Å². The number of rotatable bonds is 2. The molecular weight excluding hydrogens is 410 g/mol. The Morgan fingerprint density at radius 1 is 1.13 bits per heavy atom. The fourth-order valence-electron chi connectivity index (χ4n) is 4.88. The fourth-order valence-corrected chi connectivity index (χ4v) is 5.71. The highest BCUT2D eigenvalue weighted by Crippen LogP contribution is 2.37. The summed E-state index contributed by atoms with van der Waals surface area (Å²) in [6, 6.07) is 2.50. The van der Waals surface area contributed by atoms with Gasteiger partial charge in [-0.15, -0.1) is 0 Å². The number of hydrogen-bond donors (Lipinski definition) is 2. The van der Waals surface area contributed by atoms with E-state index in [4.69, 9.17) is 9.47 Å². The molecule has 1 saturated heterocycles. The molecule has 1 aliphatic carbocycles. The molecule has 4 aliphatic rings. The maximum absolute atomic E-state index is 13.0. The number of amides is 1. The van der Waals surface area contributed by atoms with E-state index >= 15 is 0 Å². The molecule has 4 heterocycles. The van der Waals surface area contributed by atoms with Crippen LogP contribution in [0.3, 0.4) is 0 Å². The molecule has 3 aliphatic heterocycles. The molecule has 1 aromatic rings. The van der Waals surface area contributed by atoms with E-state index < -0.39 is 22.1 Å². The first-order valence-corrected chi connectivity index (χ1v) is 12.4. The number of ether oxygens (including phenoxy) is 2. The predicted octanol–water partition coefficient (Wildman–Crippen LogP) is 0.719. The van der Waals surface area contributed by atoms with Crippen LogP contribution in [0.2, 0.25) is 0 Å². The van der Waals surface area contributed by atoms with Crippen LogP contribution >= 0.6 is 0 Å². The molecule has 9 nitrogen and oxygen atoms in total. The van der Waals surface area contributed by atoms with Gasteiger partial charge in [0.15, 0.2) is 12.5 Å². The fraction of sp³-hybridized carbons (Fsp3) is 0.700. The summed E-state index contributed by atoms with van der Waals surface area (Å²) in [5.74, 6) is 0.361. The van der Waals surface area contributed by atoms with Crippen LogP contribution in [-0.2, 0) is 19.6 Å². The minimum absolute atomic E-state index is 0.0758. The zero-order valence-corrected chi connectivity index (χ0v) is 17.9. The number of fused-ring (bicyclic) bond motifs is 5. The number of nitrogens with one attached hydrogen (secondary N) is 2. The van der Waals surface area contributed by atoms with Gasteiger partial charge >= 0.3 is 0 Å². The minimum atomic E-state index is -3.42. The zero-order valence-electron chi connectivity index (χ0n) is 17.1. The van der Waals surface area contributed by atoms with Crippen molar-refractivity contribution < 1.29 is 22.7 Å². The number of sulfonamides is 1. The monoisotopic (exact) mass is 439 g/mol. The molecule has 0 radical (unpaired) electrons. The first-order valence-electron chi connectivity index (χ1n) is 10.5. The van der Waals surface area contributed by atoms with Gasteiger partial charge in [-0.25, -0.2) is 13.1 Å². The summed E-state index contributed by atoms with van der Waals surface area (Å²) in [7, 11) is -3.42. The first-order chi connectivity index (χ1) is 14.3. The Morgan fingerprint density at radius 3 is 2.63 bits per heavy atom. The van der Waals surface area contributed by atoms with E-state index in [2.05, 4.69) is 9.71 Å². The van der Waals surface area contributed by atoms with Gasteiger partial charge in [-0.05, 0) is 50.5 Å². The number of carbonyl (C=O) groups is 1. The Labute approximate surface area is 176 Å². The maximum atomic E-state index is 13.0. The van der Waals surface area contributed by atoms with Crippen LogP contribution in [0, 0.1) is 0 Å². The third-order valence-electron chi connectivity index (χ3n) is 6.33. The Hall–Kier alpha value is -1.91. The highest BCUT2D eigenvalue weighted by Gasteiger charge is 2.37. The number of pyridine rings is 1. The number of aromatic nitrogens is 1. The second kappa shape index (κ2) is 8.68. The van der Waals surface area contributed by atoms with Gasteiger partial charge in [0.05, 0.1) is 25.0 Å². The van der Waals surface area contributed by atoms with Crippen molar-refractivity contribution in [3.8, 4) is 5.88 Å². The van der Waals surface area contributed by atoms with Gasteiger partial charge < -0.3 is 14.4 Å². The highest BCUT2D eigenvalue weighted by atomic mass is 32.2. The average Bonchev–Trinajstić information content (AvgIpc) is 2.71. The summed E-state index contributed by atoms with van der Waals surface area (Å²) in [5.41, 5.74) is 0.655. The molecule has 1 saturated carbocycles. The standard InChI is InChI=1S/C20H29N3O6S/c1-30(26,27)22-16-3-2-10-23-17(16)11-28-14-6-4-13(5-7-14)15-8-9-18(24)21-20(15)29-12-19(23)25/h8-9,13-14,16-17,22H,2-7,10-12H2,1H3,(H,21,24)/t13?,14?,16?,17-/m0/s1. The lowest BCUT2D eigenvalue weighted by atomic mass is 9.83. The lowest BCUT2D eigenvalue weighted by Crippen LogP contribution is -2.59. The van der Waals surface area contributed by atoms with E-state index in [1.807, 2.05) is 0 Å². The molecule has 1 unspecified atom stereocenters. The van der Waals surface area contributed by atoms with Crippen LogP contribution in [0.25, 0.3) is 0 Å². The van der Waals surface area contributed by atoms with Gasteiger partial charge in [-0.1, -0.05) is 0 Å². The minimum Gasteiger partial charge on any atom is -0.469 e. The van der Waals surface area contributed by atoms with E-state index in [-0.39, 0.29) is 36.7 Å². The molecular formula is C20H29N3O6S. The van der Waals surface area contributed by atoms with Crippen LogP contribution in [0.1, 0.15) is 50.0 Å². The number of hydrogen-bond acceptors (Lipinski definition) is 6. The normalized spacial score (nSPS) is 30.3. The van der Waals surface area contributed by atoms with E-state index in [0.29, 0.717) is 25.3 Å². The second-order valence-electron chi connectivity index (χ2n) is 8.50. The molecule has 1 amide bonds. The number of aromatic amines is 1. The van der Waals surface area contributed by atoms with Crippen molar-refractivity contribution >= 4 is 15.9 Å². The summed E-state index contributed by atoms with van der Waals surface area (Å²) in [6.45, 7) is 0.590. The van der Waals surface area contributed by atoms with E-state index in [0.717, 1.165) is 37.5 Å². The van der Waals surface area contributed by atoms with E-state index in [1.54, 1.807) is 11.0 Å². The van der Waals surface area contributed by atoms with Crippen molar-refractivity contribution in [3.63, 3.8) is 0 Å². The quantitative estimate of drug-likeness (QED) is 0.701. The lowest BCUT2D eigenvalue weighted by Gasteiger charge is -2.41. The summed E-state index contributed by atoms with van der Waals surface area (Å²) in [5, 5.41) is 0. The number of carbonyl (C=O) groups excluding carboxylic acids is 1. The third-order valence-corrected chi connectivity index (χ3v) is 7.07. The molecule has 2 fully saturated rings. The van der Waals surface area contributed by atoms with Gasteiger partial charge in [0, 0.05) is 24.2 Å². The Kier molecular flexibility index (Phi) is 6.17. The van der Waals surface area contributed by atoms with Gasteiger partial charge in [0.1, 0.15) is 0 Å². The Morgan fingerprint density at radius 2 is 1.90 bits per heavy atom. The average molecular weight is 440 g/mol. The molecule has 2 N–H and O–H groups in total. The lowest BCUT2D eigenvalue weighted by molar-refractivity contribution is -0.140.